The smallest absolute Gasteiger partial charge is 0.176 e. The molecule has 0 amide bonds. The van der Waals surface area contributed by atoms with Gasteiger partial charge in [0.15, 0.2) is 7.15 Å². The van der Waals surface area contributed by atoms with E-state index in [9.17, 15) is 0 Å². The van der Waals surface area contributed by atoms with Gasteiger partial charge in [-0.15, -0.1) is 0 Å². The molecule has 1 saturated heterocycles. The van der Waals surface area contributed by atoms with E-state index in [1.807, 2.05) is 13.8 Å². The van der Waals surface area contributed by atoms with Crippen LogP contribution in [-0.2, 0) is 20.9 Å². The van der Waals surface area contributed by atoms with Gasteiger partial charge in [-0.2, -0.15) is 0 Å². The Kier molecular flexibility index (Phi) is 2.04. The Balaban J connectivity index is 2.51. The van der Waals surface area contributed by atoms with E-state index in [4.69, 9.17) is 20.9 Å². The Hall–Kier alpha value is 0.570. The van der Waals surface area contributed by atoms with Gasteiger partial charge in [0, 0.05) is 0 Å². The molecule has 2 unspecified atom stereocenters. The molecule has 0 aromatic heterocycles. The van der Waals surface area contributed by atoms with E-state index in [0.29, 0.717) is 0 Å². The topological polar surface area (TPSA) is 18.5 Å². The summed E-state index contributed by atoms with van der Waals surface area (Å²) in [5, 5.41) is 0. The average molecular weight is 152 g/mol. The van der Waals surface area contributed by atoms with Gasteiger partial charge in [-0.05, 0) is 25.7 Å². The molecule has 0 aliphatic carbocycles. The lowest BCUT2D eigenvalue weighted by Gasteiger charge is -2.01. The fourth-order valence-electron chi connectivity index (χ4n) is 0.523. The van der Waals surface area contributed by atoms with Gasteiger partial charge in [-0.1, -0.05) is 0 Å². The third-order valence-corrected chi connectivity index (χ3v) is 2.93. The van der Waals surface area contributed by atoms with Crippen LogP contribution in [0.2, 0.25) is 0 Å². The maximum atomic E-state index is 5.17. The normalized spacial score (nSPS) is 47.5. The number of hydrogen-bond donors (Lipinski definition) is 0. The zero-order chi connectivity index (χ0) is 6.15. The van der Waals surface area contributed by atoms with Gasteiger partial charge in [-0.3, -0.25) is 0 Å². The fraction of sp³-hybridized carbons (Fsp3) is 1.00. The van der Waals surface area contributed by atoms with Crippen LogP contribution in [0.15, 0.2) is 0 Å². The molecule has 1 aliphatic heterocycles. The quantitative estimate of drug-likeness (QED) is 0.488. The van der Waals surface area contributed by atoms with Crippen LogP contribution in [-0.4, -0.2) is 12.2 Å². The molecule has 0 saturated carbocycles. The van der Waals surface area contributed by atoms with Crippen molar-refractivity contribution in [2.45, 2.75) is 26.1 Å². The lowest BCUT2D eigenvalue weighted by molar-refractivity contribution is 0.187. The summed E-state index contributed by atoms with van der Waals surface area (Å²) in [5.41, 5.74) is 0. The summed E-state index contributed by atoms with van der Waals surface area (Å²) >= 11 is 4.81. The minimum Gasteiger partial charge on any atom is -0.326 e. The minimum atomic E-state index is -1.27. The van der Waals surface area contributed by atoms with Crippen LogP contribution >= 0.6 is 7.15 Å². The molecule has 48 valence electrons. The molecule has 1 fully saturated rings. The Morgan fingerprint density at radius 3 is 1.75 bits per heavy atom. The number of hydrogen-bond acceptors (Lipinski definition) is 3. The van der Waals surface area contributed by atoms with Crippen molar-refractivity contribution in [3.05, 3.63) is 0 Å². The van der Waals surface area contributed by atoms with E-state index < -0.39 is 7.15 Å². The zero-order valence-corrected chi connectivity index (χ0v) is 6.70. The van der Waals surface area contributed by atoms with E-state index in [2.05, 4.69) is 0 Å². The van der Waals surface area contributed by atoms with E-state index in [1.54, 1.807) is 0 Å². The monoisotopic (exact) mass is 152 g/mol. The van der Waals surface area contributed by atoms with Crippen LogP contribution in [0.4, 0.5) is 0 Å². The molecule has 0 spiro atoms. The molecule has 1 aliphatic rings. The zero-order valence-electron chi connectivity index (χ0n) is 4.88. The van der Waals surface area contributed by atoms with E-state index in [-0.39, 0.29) is 12.2 Å². The van der Waals surface area contributed by atoms with E-state index in [1.165, 1.54) is 0 Å². The van der Waals surface area contributed by atoms with Gasteiger partial charge >= 0.3 is 0 Å². The second-order valence-corrected chi connectivity index (χ2v) is 3.87. The van der Waals surface area contributed by atoms with Gasteiger partial charge in [0.1, 0.15) is 0 Å². The number of rotatable bonds is 0. The highest BCUT2D eigenvalue weighted by molar-refractivity contribution is 8.00. The summed E-state index contributed by atoms with van der Waals surface area (Å²) in [6.07, 6.45) is 0.419. The second-order valence-electron chi connectivity index (χ2n) is 1.90. The SMILES string of the molecule is CC1O[PH](=S)OC1C. The lowest BCUT2D eigenvalue weighted by atomic mass is 10.3. The molecule has 8 heavy (non-hydrogen) atoms. The van der Waals surface area contributed by atoms with Crippen molar-refractivity contribution in [3.63, 3.8) is 0 Å². The highest BCUT2D eigenvalue weighted by Crippen LogP contribution is 2.37. The minimum absolute atomic E-state index is 0.210. The maximum absolute atomic E-state index is 5.17. The molecule has 1 heterocycles. The molecular formula is C4H9O2PS. The fourth-order valence-corrected chi connectivity index (χ4v) is 2.48. The van der Waals surface area contributed by atoms with Crippen LogP contribution in [0.3, 0.4) is 0 Å². The third kappa shape index (κ3) is 1.29. The molecule has 0 radical (unpaired) electrons. The molecule has 4 heteroatoms. The van der Waals surface area contributed by atoms with E-state index in [0.717, 1.165) is 0 Å². The van der Waals surface area contributed by atoms with Crippen molar-refractivity contribution in [2.24, 2.45) is 0 Å². The van der Waals surface area contributed by atoms with Gasteiger partial charge in [0.05, 0.1) is 12.2 Å². The van der Waals surface area contributed by atoms with Crippen LogP contribution < -0.4 is 0 Å². The molecular weight excluding hydrogens is 143 g/mol. The molecule has 0 aromatic rings. The van der Waals surface area contributed by atoms with Gasteiger partial charge in [0.25, 0.3) is 0 Å². The summed E-state index contributed by atoms with van der Waals surface area (Å²) in [4.78, 5) is 0. The first-order valence-corrected chi connectivity index (χ1v) is 5.02. The van der Waals surface area contributed by atoms with Crippen molar-refractivity contribution in [1.29, 1.82) is 0 Å². The maximum Gasteiger partial charge on any atom is 0.176 e. The van der Waals surface area contributed by atoms with Gasteiger partial charge in [-0.25, -0.2) is 0 Å². The highest BCUT2D eigenvalue weighted by atomic mass is 32.4. The van der Waals surface area contributed by atoms with E-state index >= 15 is 0 Å². The largest absolute Gasteiger partial charge is 0.326 e. The first-order valence-electron chi connectivity index (χ1n) is 2.57. The molecule has 2 atom stereocenters. The third-order valence-electron chi connectivity index (χ3n) is 1.23. The Morgan fingerprint density at radius 1 is 1.25 bits per heavy atom. The van der Waals surface area contributed by atoms with Crippen molar-refractivity contribution < 1.29 is 9.05 Å². The van der Waals surface area contributed by atoms with Crippen molar-refractivity contribution in [2.75, 3.05) is 0 Å². The molecule has 0 bridgehead atoms. The first kappa shape index (κ1) is 6.69. The second kappa shape index (κ2) is 2.44. The Morgan fingerprint density at radius 2 is 1.62 bits per heavy atom. The van der Waals surface area contributed by atoms with Crippen molar-refractivity contribution in [1.82, 2.24) is 0 Å². The average Bonchev–Trinajstić information content (AvgIpc) is 1.85. The summed E-state index contributed by atoms with van der Waals surface area (Å²) < 4.78 is 10.3. The summed E-state index contributed by atoms with van der Waals surface area (Å²) in [6.45, 7) is 3.96. The summed E-state index contributed by atoms with van der Waals surface area (Å²) in [5.74, 6) is 0. The van der Waals surface area contributed by atoms with Crippen molar-refractivity contribution in [3.8, 4) is 0 Å². The van der Waals surface area contributed by atoms with Gasteiger partial charge in [0.2, 0.25) is 0 Å². The van der Waals surface area contributed by atoms with Crippen LogP contribution in [0, 0.1) is 0 Å². The lowest BCUT2D eigenvalue weighted by Crippen LogP contribution is -2.13. The van der Waals surface area contributed by atoms with Crippen molar-refractivity contribution >= 4 is 19.0 Å². The highest BCUT2D eigenvalue weighted by Gasteiger charge is 2.22. The predicted molar refractivity (Wildman–Crippen MR) is 36.8 cm³/mol. The molecule has 0 N–H and O–H groups in total. The summed E-state index contributed by atoms with van der Waals surface area (Å²) in [7, 11) is -1.27. The molecule has 2 nitrogen and oxygen atoms in total. The predicted octanol–water partition coefficient (Wildman–Crippen LogP) is 1.32. The first-order chi connectivity index (χ1) is 3.70. The standard InChI is InChI=1S/C4H9O2PS/c1-3-4(2)6-7(8)5-3/h3-4,7H,1-2H3. The van der Waals surface area contributed by atoms with Crippen LogP contribution in [0.5, 0.6) is 0 Å². The van der Waals surface area contributed by atoms with Gasteiger partial charge < -0.3 is 9.05 Å². The Bertz CT molecular complexity index is 105. The molecule has 0 aromatic carbocycles. The molecule has 1 rings (SSSR count). The van der Waals surface area contributed by atoms with Crippen LogP contribution in [0.1, 0.15) is 13.8 Å². The Labute approximate surface area is 54.8 Å². The van der Waals surface area contributed by atoms with Crippen LogP contribution in [0.25, 0.3) is 0 Å². The summed E-state index contributed by atoms with van der Waals surface area (Å²) in [6, 6.07) is 0.